The highest BCUT2D eigenvalue weighted by Gasteiger charge is 2.10. The van der Waals surface area contributed by atoms with Gasteiger partial charge in [0.25, 0.3) is 0 Å². The highest BCUT2D eigenvalue weighted by molar-refractivity contribution is 5.92. The van der Waals surface area contributed by atoms with Crippen LogP contribution in [0.25, 0.3) is 33.0 Å². The van der Waals surface area contributed by atoms with Gasteiger partial charge in [0.1, 0.15) is 19.0 Å². The summed E-state index contributed by atoms with van der Waals surface area (Å²) in [7, 11) is 0. The molecule has 4 nitrogen and oxygen atoms in total. The second-order valence-corrected chi connectivity index (χ2v) is 8.85. The molecule has 0 saturated heterocycles. The number of hydrogen-bond acceptors (Lipinski definition) is 4. The molecule has 36 heavy (non-hydrogen) atoms. The average molecular weight is 481 g/mol. The van der Waals surface area contributed by atoms with Gasteiger partial charge in [-0.1, -0.05) is 80.2 Å². The molecule has 0 aliphatic rings. The fraction of sp³-hybridized carbons (Fsp3) is 0.219. The summed E-state index contributed by atoms with van der Waals surface area (Å²) in [5.74, 6) is 0.353. The van der Waals surface area contributed by atoms with E-state index in [2.05, 4.69) is 80.2 Å². The normalized spacial score (nSPS) is 10.9. The Morgan fingerprint density at radius 3 is 2.33 bits per heavy atom. The van der Waals surface area contributed by atoms with Crippen molar-refractivity contribution in [2.45, 2.75) is 26.7 Å². The second kappa shape index (κ2) is 11.7. The van der Waals surface area contributed by atoms with Gasteiger partial charge in [-0.15, -0.1) is 0 Å². The summed E-state index contributed by atoms with van der Waals surface area (Å²) in [5.41, 5.74) is 7.48. The van der Waals surface area contributed by atoms with Crippen LogP contribution in [0.5, 0.6) is 5.75 Å². The molecule has 0 aliphatic carbocycles. The lowest BCUT2D eigenvalue weighted by molar-refractivity contribution is -0.139. The van der Waals surface area contributed by atoms with Gasteiger partial charge < -0.3 is 14.6 Å². The Hall–Kier alpha value is -3.89. The minimum atomic E-state index is -0.407. The van der Waals surface area contributed by atoms with Crippen molar-refractivity contribution in [3.63, 3.8) is 0 Å². The Bertz CT molecular complexity index is 1370. The van der Waals surface area contributed by atoms with Crippen LogP contribution < -0.4 is 4.74 Å². The predicted molar refractivity (Wildman–Crippen MR) is 146 cm³/mol. The van der Waals surface area contributed by atoms with Gasteiger partial charge in [-0.3, -0.25) is 0 Å². The highest BCUT2D eigenvalue weighted by atomic mass is 16.6. The number of aliphatic hydroxyl groups excluding tert-OH is 1. The fourth-order valence-electron chi connectivity index (χ4n) is 4.29. The third kappa shape index (κ3) is 5.84. The lowest BCUT2D eigenvalue weighted by atomic mass is 9.92. The van der Waals surface area contributed by atoms with Crippen molar-refractivity contribution in [1.29, 1.82) is 0 Å². The van der Waals surface area contributed by atoms with Crippen LogP contribution in [0.4, 0.5) is 0 Å². The molecule has 0 fully saturated rings. The number of carbonyl (C=O) groups is 1. The lowest BCUT2D eigenvalue weighted by Gasteiger charge is -2.14. The van der Waals surface area contributed by atoms with E-state index < -0.39 is 5.97 Å². The zero-order chi connectivity index (χ0) is 25.5. The van der Waals surface area contributed by atoms with E-state index in [1.807, 2.05) is 12.1 Å². The van der Waals surface area contributed by atoms with Crippen LogP contribution in [0.2, 0.25) is 0 Å². The molecule has 0 atom stereocenters. The highest BCUT2D eigenvalue weighted by Crippen LogP contribution is 2.33. The van der Waals surface area contributed by atoms with Gasteiger partial charge in [0.2, 0.25) is 0 Å². The number of ether oxygens (including phenoxy) is 2. The second-order valence-electron chi connectivity index (χ2n) is 8.85. The molecule has 4 rings (SSSR count). The van der Waals surface area contributed by atoms with E-state index in [9.17, 15) is 9.90 Å². The molecular formula is C32H32O4. The van der Waals surface area contributed by atoms with Crippen molar-refractivity contribution < 1.29 is 19.4 Å². The molecule has 0 heterocycles. The molecule has 184 valence electrons. The first-order valence-corrected chi connectivity index (χ1v) is 12.3. The standard InChI is InChI=1S/C32H32O4/c1-4-24-20-27(14-15-29(24)26-10-8-23(9-11-26)16-17-33)28-13-12-25-6-5-7-31(30(25)21-28)35-18-19-36-32(34)22(2)3/h5-15,20-21,33H,2,4,16-19H2,1,3H3. The monoisotopic (exact) mass is 480 g/mol. The van der Waals surface area contributed by atoms with E-state index in [1.54, 1.807) is 6.92 Å². The minimum absolute atomic E-state index is 0.162. The first kappa shape index (κ1) is 25.2. The number of aryl methyl sites for hydroxylation is 1. The Morgan fingerprint density at radius 2 is 1.61 bits per heavy atom. The van der Waals surface area contributed by atoms with Crippen LogP contribution in [-0.4, -0.2) is 30.9 Å². The van der Waals surface area contributed by atoms with Crippen LogP contribution >= 0.6 is 0 Å². The van der Waals surface area contributed by atoms with Crippen molar-refractivity contribution in [2.24, 2.45) is 0 Å². The molecule has 1 N–H and O–H groups in total. The van der Waals surface area contributed by atoms with Crippen LogP contribution in [-0.2, 0) is 22.4 Å². The predicted octanol–water partition coefficient (Wildman–Crippen LogP) is 6.77. The Balaban J connectivity index is 1.58. The number of aliphatic hydroxyl groups is 1. The first-order chi connectivity index (χ1) is 17.5. The summed E-state index contributed by atoms with van der Waals surface area (Å²) >= 11 is 0. The number of esters is 1. The van der Waals surface area contributed by atoms with Gasteiger partial charge in [-0.05, 0) is 70.7 Å². The molecule has 0 aromatic heterocycles. The number of rotatable bonds is 10. The molecule has 0 unspecified atom stereocenters. The van der Waals surface area contributed by atoms with Gasteiger partial charge in [0, 0.05) is 17.6 Å². The van der Waals surface area contributed by atoms with Crippen LogP contribution in [0.3, 0.4) is 0 Å². The van der Waals surface area contributed by atoms with Crippen LogP contribution in [0.15, 0.2) is 91.0 Å². The molecule has 0 radical (unpaired) electrons. The SMILES string of the molecule is C=C(C)C(=O)OCCOc1cccc2ccc(-c3ccc(-c4ccc(CCO)cc4)c(CC)c3)cc12. The van der Waals surface area contributed by atoms with Crippen molar-refractivity contribution >= 4 is 16.7 Å². The Morgan fingerprint density at radius 1 is 0.889 bits per heavy atom. The van der Waals surface area contributed by atoms with Crippen LogP contribution in [0.1, 0.15) is 25.0 Å². The van der Waals surface area contributed by atoms with E-state index in [-0.39, 0.29) is 19.8 Å². The quantitative estimate of drug-likeness (QED) is 0.155. The molecule has 4 aromatic carbocycles. The third-order valence-electron chi connectivity index (χ3n) is 6.25. The number of carbonyl (C=O) groups excluding carboxylic acids is 1. The van der Waals surface area contributed by atoms with E-state index >= 15 is 0 Å². The van der Waals surface area contributed by atoms with E-state index in [4.69, 9.17) is 9.47 Å². The summed E-state index contributed by atoms with van der Waals surface area (Å²) in [6, 6.07) is 27.4. The van der Waals surface area contributed by atoms with Gasteiger partial charge >= 0.3 is 5.97 Å². The smallest absolute Gasteiger partial charge is 0.333 e. The number of fused-ring (bicyclic) bond motifs is 1. The number of benzene rings is 4. The van der Waals surface area contributed by atoms with Crippen molar-refractivity contribution in [3.05, 3.63) is 102 Å². The van der Waals surface area contributed by atoms with E-state index in [0.717, 1.165) is 39.6 Å². The maximum atomic E-state index is 11.6. The zero-order valence-corrected chi connectivity index (χ0v) is 20.9. The molecule has 0 aliphatic heterocycles. The Kier molecular flexibility index (Phi) is 8.19. The molecule has 0 saturated carbocycles. The van der Waals surface area contributed by atoms with E-state index in [1.165, 1.54) is 16.7 Å². The van der Waals surface area contributed by atoms with Crippen molar-refractivity contribution in [1.82, 2.24) is 0 Å². The topological polar surface area (TPSA) is 55.8 Å². The molecule has 0 bridgehead atoms. The van der Waals surface area contributed by atoms with Gasteiger partial charge in [-0.2, -0.15) is 0 Å². The largest absolute Gasteiger partial charge is 0.489 e. The molecule has 0 spiro atoms. The fourth-order valence-corrected chi connectivity index (χ4v) is 4.29. The van der Waals surface area contributed by atoms with Gasteiger partial charge in [-0.25, -0.2) is 4.79 Å². The van der Waals surface area contributed by atoms with Crippen molar-refractivity contribution in [2.75, 3.05) is 19.8 Å². The summed E-state index contributed by atoms with van der Waals surface area (Å²) in [6.07, 6.45) is 1.60. The summed E-state index contributed by atoms with van der Waals surface area (Å²) in [5, 5.41) is 11.3. The molecular weight excluding hydrogens is 448 g/mol. The first-order valence-electron chi connectivity index (χ1n) is 12.3. The van der Waals surface area contributed by atoms with Gasteiger partial charge in [0.05, 0.1) is 0 Å². The number of hydrogen-bond donors (Lipinski definition) is 1. The third-order valence-corrected chi connectivity index (χ3v) is 6.25. The molecule has 4 aromatic rings. The molecule has 4 heteroatoms. The summed E-state index contributed by atoms with van der Waals surface area (Å²) < 4.78 is 11.1. The summed E-state index contributed by atoms with van der Waals surface area (Å²) in [4.78, 5) is 11.6. The summed E-state index contributed by atoms with van der Waals surface area (Å²) in [6.45, 7) is 8.00. The Labute approximate surface area is 212 Å². The van der Waals surface area contributed by atoms with Crippen molar-refractivity contribution in [3.8, 4) is 28.0 Å². The maximum absolute atomic E-state index is 11.6. The maximum Gasteiger partial charge on any atom is 0.333 e. The van der Waals surface area contributed by atoms with E-state index in [0.29, 0.717) is 12.0 Å². The zero-order valence-electron chi connectivity index (χ0n) is 20.9. The van der Waals surface area contributed by atoms with Crippen LogP contribution in [0, 0.1) is 0 Å². The lowest BCUT2D eigenvalue weighted by Crippen LogP contribution is -2.12. The minimum Gasteiger partial charge on any atom is -0.489 e. The average Bonchev–Trinajstić information content (AvgIpc) is 2.91. The van der Waals surface area contributed by atoms with Gasteiger partial charge in [0.15, 0.2) is 0 Å². The molecule has 0 amide bonds.